The minimum Gasteiger partial charge on any atom is -0.0837 e. The first kappa shape index (κ1) is 22.6. The molecule has 2 aliphatic carbocycles. The highest BCUT2D eigenvalue weighted by Crippen LogP contribution is 2.37. The van der Waals surface area contributed by atoms with Crippen LogP contribution in [0.1, 0.15) is 55.5 Å². The number of hydrogen-bond acceptors (Lipinski definition) is 0. The molecule has 3 aromatic rings. The molecule has 0 aromatic heterocycles. The highest BCUT2D eigenvalue weighted by atomic mass is 35.5. The van der Waals surface area contributed by atoms with Gasteiger partial charge in [0.2, 0.25) is 0 Å². The highest BCUT2D eigenvalue weighted by molar-refractivity contribution is 6.32. The molecule has 32 heavy (non-hydrogen) atoms. The van der Waals surface area contributed by atoms with Crippen LogP contribution in [0.3, 0.4) is 0 Å². The van der Waals surface area contributed by atoms with Crippen LogP contribution in [-0.2, 0) is 12.8 Å². The van der Waals surface area contributed by atoms with Crippen molar-refractivity contribution in [2.45, 2.75) is 47.5 Å². The van der Waals surface area contributed by atoms with Crippen LogP contribution in [-0.4, -0.2) is 0 Å². The molecule has 0 spiro atoms. The largest absolute Gasteiger partial charge is 0.0837 e. The Morgan fingerprint density at radius 2 is 1.16 bits per heavy atom. The molecule has 0 saturated heterocycles. The Kier molecular flexibility index (Phi) is 6.72. The van der Waals surface area contributed by atoms with Gasteiger partial charge in [0.15, 0.2) is 0 Å². The first-order valence-electron chi connectivity index (χ1n) is 11.7. The molecular formula is C31H33Cl. The van der Waals surface area contributed by atoms with Crippen LogP contribution in [0.25, 0.3) is 23.3 Å². The third-order valence-corrected chi connectivity index (χ3v) is 7.04. The zero-order valence-corrected chi connectivity index (χ0v) is 20.6. The number of benzene rings is 3. The van der Waals surface area contributed by atoms with E-state index in [-0.39, 0.29) is 0 Å². The van der Waals surface area contributed by atoms with E-state index in [1.165, 1.54) is 44.5 Å². The molecule has 0 unspecified atom stereocenters. The van der Waals surface area contributed by atoms with Gasteiger partial charge in [0.05, 0.1) is 0 Å². The van der Waals surface area contributed by atoms with Crippen molar-refractivity contribution in [1.82, 2.24) is 0 Å². The van der Waals surface area contributed by atoms with E-state index in [0.29, 0.717) is 11.8 Å². The van der Waals surface area contributed by atoms with Gasteiger partial charge in [-0.25, -0.2) is 0 Å². The van der Waals surface area contributed by atoms with Gasteiger partial charge in [-0.15, -0.1) is 0 Å². The monoisotopic (exact) mass is 440 g/mol. The van der Waals surface area contributed by atoms with Crippen molar-refractivity contribution in [2.24, 2.45) is 11.8 Å². The average Bonchev–Trinajstić information content (AvgIpc) is 3.40. The highest BCUT2D eigenvalue weighted by Gasteiger charge is 2.19. The molecule has 1 heteroatoms. The molecule has 164 valence electrons. The topological polar surface area (TPSA) is 0 Å². The van der Waals surface area contributed by atoms with Gasteiger partial charge in [0.1, 0.15) is 0 Å². The molecule has 0 bridgehead atoms. The summed E-state index contributed by atoms with van der Waals surface area (Å²) in [5, 5.41) is 0.883. The Morgan fingerprint density at radius 1 is 0.625 bits per heavy atom. The Balaban J connectivity index is 0.000000165. The van der Waals surface area contributed by atoms with Gasteiger partial charge < -0.3 is 0 Å². The summed E-state index contributed by atoms with van der Waals surface area (Å²) < 4.78 is 0. The lowest BCUT2D eigenvalue weighted by Crippen LogP contribution is -1.93. The van der Waals surface area contributed by atoms with Gasteiger partial charge >= 0.3 is 0 Å². The Labute approximate surface area is 198 Å². The molecule has 2 aliphatic rings. The van der Waals surface area contributed by atoms with Crippen LogP contribution in [0.2, 0.25) is 5.02 Å². The van der Waals surface area contributed by atoms with E-state index in [1.807, 2.05) is 12.1 Å². The summed E-state index contributed by atoms with van der Waals surface area (Å²) in [6.07, 6.45) is 6.84. The maximum atomic E-state index is 6.10. The second-order valence-electron chi connectivity index (χ2n) is 9.61. The summed E-state index contributed by atoms with van der Waals surface area (Å²) in [4.78, 5) is 0. The molecule has 0 radical (unpaired) electrons. The lowest BCUT2D eigenvalue weighted by Gasteiger charge is -2.10. The molecule has 0 amide bonds. The molecule has 0 heterocycles. The fraction of sp³-hybridized carbons (Fsp3) is 0.290. The molecule has 0 nitrogen and oxygen atoms in total. The standard InChI is InChI=1S/C19H20.C12H13Cl/c1-13(2)16-11-15-8-6-10-18(19(15)12-16)17-9-5-4-7-14(17)3;1-8(2)10-6-9-4-3-5-12(13)11(9)7-10/h4-10,12-13H,11H2,1-3H3;3-5,7-8H,6H2,1-2H3. The van der Waals surface area contributed by atoms with Crippen molar-refractivity contribution < 1.29 is 0 Å². The lowest BCUT2D eigenvalue weighted by molar-refractivity contribution is 0.754. The van der Waals surface area contributed by atoms with Crippen molar-refractivity contribution in [3.63, 3.8) is 0 Å². The van der Waals surface area contributed by atoms with E-state index < -0.39 is 0 Å². The fourth-order valence-corrected chi connectivity index (χ4v) is 4.85. The van der Waals surface area contributed by atoms with Gasteiger partial charge in [-0.1, -0.05) is 117 Å². The second kappa shape index (κ2) is 9.51. The summed E-state index contributed by atoms with van der Waals surface area (Å²) >= 11 is 6.10. The van der Waals surface area contributed by atoms with Crippen LogP contribution in [0.5, 0.6) is 0 Å². The number of fused-ring (bicyclic) bond motifs is 2. The van der Waals surface area contributed by atoms with Gasteiger partial charge in [-0.05, 0) is 76.6 Å². The quantitative estimate of drug-likeness (QED) is 0.380. The number of aryl methyl sites for hydroxylation is 1. The van der Waals surface area contributed by atoms with Crippen molar-refractivity contribution in [3.05, 3.63) is 105 Å². The van der Waals surface area contributed by atoms with E-state index in [2.05, 4.69) is 95.3 Å². The van der Waals surface area contributed by atoms with Crippen molar-refractivity contribution in [1.29, 1.82) is 0 Å². The number of halogens is 1. The minimum absolute atomic E-state index is 0.628. The lowest BCUT2D eigenvalue weighted by atomic mass is 9.94. The zero-order valence-electron chi connectivity index (χ0n) is 19.9. The molecule has 0 fully saturated rings. The molecule has 5 rings (SSSR count). The maximum Gasteiger partial charge on any atom is 0.0481 e. The fourth-order valence-electron chi connectivity index (χ4n) is 4.60. The third-order valence-electron chi connectivity index (χ3n) is 6.71. The number of rotatable bonds is 3. The Morgan fingerprint density at radius 3 is 1.75 bits per heavy atom. The molecule has 3 aromatic carbocycles. The van der Waals surface area contributed by atoms with Crippen LogP contribution in [0.15, 0.2) is 71.8 Å². The van der Waals surface area contributed by atoms with Crippen molar-refractivity contribution in [2.75, 3.05) is 0 Å². The molecule has 0 aliphatic heterocycles. The number of allylic oxidation sites excluding steroid dienone is 2. The Hall–Kier alpha value is -2.57. The van der Waals surface area contributed by atoms with Crippen molar-refractivity contribution in [3.8, 4) is 11.1 Å². The minimum atomic E-state index is 0.628. The third kappa shape index (κ3) is 4.62. The van der Waals surface area contributed by atoms with Gasteiger partial charge in [-0.3, -0.25) is 0 Å². The summed E-state index contributed by atoms with van der Waals surface area (Å²) in [5.41, 5.74) is 12.6. The second-order valence-corrected chi connectivity index (χ2v) is 10.0. The van der Waals surface area contributed by atoms with E-state index in [9.17, 15) is 0 Å². The predicted octanol–water partition coefficient (Wildman–Crippen LogP) is 9.19. The summed E-state index contributed by atoms with van der Waals surface area (Å²) in [5.74, 6) is 1.26. The molecule has 0 saturated carbocycles. The zero-order chi connectivity index (χ0) is 22.8. The van der Waals surface area contributed by atoms with Crippen LogP contribution >= 0.6 is 11.6 Å². The SMILES string of the molecule is CC(C)C1=Cc2c(Cl)cccc2C1.Cc1ccccc1-c1cccc2c1C=C(C(C)C)C2. The first-order chi connectivity index (χ1) is 15.3. The van der Waals surface area contributed by atoms with E-state index in [1.54, 1.807) is 5.57 Å². The summed E-state index contributed by atoms with van der Waals surface area (Å²) in [6.45, 7) is 11.2. The smallest absolute Gasteiger partial charge is 0.0481 e. The predicted molar refractivity (Wildman–Crippen MR) is 141 cm³/mol. The first-order valence-corrected chi connectivity index (χ1v) is 12.1. The molecular weight excluding hydrogens is 408 g/mol. The van der Waals surface area contributed by atoms with Crippen LogP contribution in [0, 0.1) is 18.8 Å². The van der Waals surface area contributed by atoms with E-state index in [0.717, 1.165) is 17.9 Å². The number of hydrogen-bond donors (Lipinski definition) is 0. The van der Waals surface area contributed by atoms with Gasteiger partial charge in [-0.2, -0.15) is 0 Å². The van der Waals surface area contributed by atoms with Crippen LogP contribution in [0.4, 0.5) is 0 Å². The van der Waals surface area contributed by atoms with Gasteiger partial charge in [0, 0.05) is 5.02 Å². The molecule has 0 atom stereocenters. The maximum absolute atomic E-state index is 6.10. The summed E-state index contributed by atoms with van der Waals surface area (Å²) in [7, 11) is 0. The van der Waals surface area contributed by atoms with Crippen LogP contribution < -0.4 is 0 Å². The normalized spacial score (nSPS) is 14.0. The summed E-state index contributed by atoms with van der Waals surface area (Å²) in [6, 6.07) is 21.5. The van der Waals surface area contributed by atoms with E-state index in [4.69, 9.17) is 11.6 Å². The Bertz CT molecular complexity index is 1190. The average molecular weight is 441 g/mol. The van der Waals surface area contributed by atoms with Gasteiger partial charge in [0.25, 0.3) is 0 Å². The van der Waals surface area contributed by atoms with E-state index >= 15 is 0 Å². The van der Waals surface area contributed by atoms with Crippen molar-refractivity contribution >= 4 is 23.8 Å². The molecule has 0 N–H and O–H groups in total.